The number of imide groups is 2. The fourth-order valence-electron chi connectivity index (χ4n) is 3.35. The zero-order valence-electron chi connectivity index (χ0n) is 18.2. The average Bonchev–Trinajstić information content (AvgIpc) is 2.83. The predicted octanol–water partition coefficient (Wildman–Crippen LogP) is 5.50. The molecule has 1 saturated heterocycles. The summed E-state index contributed by atoms with van der Waals surface area (Å²) in [5.41, 5.74) is 1.22. The third-order valence-electron chi connectivity index (χ3n) is 5.05. The molecule has 1 N–H and O–H groups in total. The number of hydrogen-bond acceptors (Lipinski definition) is 5. The number of ether oxygens (including phenoxy) is 2. The molecule has 0 saturated carbocycles. The van der Waals surface area contributed by atoms with Gasteiger partial charge in [0.15, 0.2) is 11.5 Å². The van der Waals surface area contributed by atoms with Gasteiger partial charge >= 0.3 is 6.03 Å². The van der Waals surface area contributed by atoms with Crippen LogP contribution in [-0.4, -0.2) is 25.0 Å². The fraction of sp³-hybridized carbons (Fsp3) is 0.0800. The van der Waals surface area contributed by atoms with E-state index in [2.05, 4.69) is 21.2 Å². The zero-order valence-corrected chi connectivity index (χ0v) is 20.5. The largest absolute Gasteiger partial charge is 0.493 e. The van der Waals surface area contributed by atoms with Crippen LogP contribution >= 0.6 is 27.5 Å². The Kier molecular flexibility index (Phi) is 7.18. The van der Waals surface area contributed by atoms with E-state index in [1.807, 2.05) is 0 Å². The number of halogens is 3. The molecular weight excluding hydrogens is 543 g/mol. The summed E-state index contributed by atoms with van der Waals surface area (Å²) in [5.74, 6) is -1.23. The van der Waals surface area contributed by atoms with Gasteiger partial charge in [0, 0.05) is 5.02 Å². The summed E-state index contributed by atoms with van der Waals surface area (Å²) >= 11 is 9.32. The van der Waals surface area contributed by atoms with E-state index in [0.29, 0.717) is 26.6 Å². The maximum Gasteiger partial charge on any atom is 0.335 e. The monoisotopic (exact) mass is 558 g/mol. The Hall–Kier alpha value is -3.69. The number of methoxy groups -OCH3 is 1. The third kappa shape index (κ3) is 5.36. The Morgan fingerprint density at radius 3 is 2.40 bits per heavy atom. The van der Waals surface area contributed by atoms with Gasteiger partial charge in [0.1, 0.15) is 18.0 Å². The Labute approximate surface area is 213 Å². The van der Waals surface area contributed by atoms with Crippen molar-refractivity contribution in [1.82, 2.24) is 5.32 Å². The second-order valence-electron chi connectivity index (χ2n) is 7.38. The Bertz CT molecular complexity index is 1340. The molecule has 10 heteroatoms. The van der Waals surface area contributed by atoms with Gasteiger partial charge in [-0.05, 0) is 81.7 Å². The van der Waals surface area contributed by atoms with Gasteiger partial charge < -0.3 is 9.47 Å². The Morgan fingerprint density at radius 1 is 1.06 bits per heavy atom. The van der Waals surface area contributed by atoms with Gasteiger partial charge in [-0.15, -0.1) is 0 Å². The lowest BCUT2D eigenvalue weighted by Crippen LogP contribution is -2.54. The van der Waals surface area contributed by atoms with E-state index in [-0.39, 0.29) is 23.7 Å². The molecule has 0 spiro atoms. The smallest absolute Gasteiger partial charge is 0.335 e. The lowest BCUT2D eigenvalue weighted by atomic mass is 10.1. The molecule has 1 fully saturated rings. The molecule has 1 aliphatic heterocycles. The minimum Gasteiger partial charge on any atom is -0.493 e. The van der Waals surface area contributed by atoms with Crippen LogP contribution in [0.5, 0.6) is 11.5 Å². The normalized spacial score (nSPS) is 14.8. The van der Waals surface area contributed by atoms with Gasteiger partial charge in [-0.25, -0.2) is 14.1 Å². The molecule has 4 rings (SSSR count). The lowest BCUT2D eigenvalue weighted by molar-refractivity contribution is -0.122. The molecule has 0 bridgehead atoms. The van der Waals surface area contributed by atoms with Crippen LogP contribution in [-0.2, 0) is 16.2 Å². The summed E-state index contributed by atoms with van der Waals surface area (Å²) < 4.78 is 24.9. The highest BCUT2D eigenvalue weighted by atomic mass is 79.9. The van der Waals surface area contributed by atoms with Crippen molar-refractivity contribution in [3.63, 3.8) is 0 Å². The number of barbiturate groups is 1. The number of amides is 4. The molecule has 0 atom stereocenters. The maximum absolute atomic E-state index is 13.1. The Balaban J connectivity index is 1.63. The van der Waals surface area contributed by atoms with E-state index in [1.54, 1.807) is 24.3 Å². The second kappa shape index (κ2) is 10.3. The van der Waals surface area contributed by atoms with Crippen LogP contribution in [0.4, 0.5) is 14.9 Å². The van der Waals surface area contributed by atoms with Crippen LogP contribution in [0.25, 0.3) is 6.08 Å². The number of rotatable bonds is 6. The quantitative estimate of drug-likeness (QED) is 0.319. The number of anilines is 1. The molecule has 3 aromatic carbocycles. The summed E-state index contributed by atoms with van der Waals surface area (Å²) in [6.45, 7) is 0.161. The first kappa shape index (κ1) is 24.4. The van der Waals surface area contributed by atoms with E-state index in [0.717, 1.165) is 10.5 Å². The maximum atomic E-state index is 13.1. The number of urea groups is 1. The fourth-order valence-corrected chi connectivity index (χ4v) is 4.05. The highest BCUT2D eigenvalue weighted by molar-refractivity contribution is 9.10. The number of benzene rings is 3. The minimum atomic E-state index is -0.859. The summed E-state index contributed by atoms with van der Waals surface area (Å²) in [7, 11) is 1.45. The molecule has 4 amide bonds. The van der Waals surface area contributed by atoms with Crippen molar-refractivity contribution in [1.29, 1.82) is 0 Å². The van der Waals surface area contributed by atoms with Gasteiger partial charge in [0.25, 0.3) is 11.8 Å². The SMILES string of the molecule is COc1cc(/C=C2\C(=O)NC(=O)N(c3ccc(Cl)cc3)C2=O)cc(Br)c1OCc1ccc(F)cc1. The van der Waals surface area contributed by atoms with E-state index in [4.69, 9.17) is 21.1 Å². The summed E-state index contributed by atoms with van der Waals surface area (Å²) in [6, 6.07) is 14.3. The van der Waals surface area contributed by atoms with Crippen LogP contribution in [0.3, 0.4) is 0 Å². The van der Waals surface area contributed by atoms with Crippen LogP contribution in [0, 0.1) is 5.82 Å². The van der Waals surface area contributed by atoms with Crippen molar-refractivity contribution in [2.75, 3.05) is 12.0 Å². The van der Waals surface area contributed by atoms with Crippen LogP contribution < -0.4 is 19.7 Å². The number of nitrogens with zero attached hydrogens (tertiary/aromatic N) is 1. The number of carbonyl (C=O) groups excluding carboxylic acids is 3. The molecule has 1 aliphatic rings. The molecule has 35 heavy (non-hydrogen) atoms. The second-order valence-corrected chi connectivity index (χ2v) is 8.67. The van der Waals surface area contributed by atoms with Gasteiger partial charge in [0.05, 0.1) is 17.3 Å². The number of nitrogens with one attached hydrogen (secondary N) is 1. The topological polar surface area (TPSA) is 84.9 Å². The van der Waals surface area contributed by atoms with E-state index in [9.17, 15) is 18.8 Å². The molecule has 0 unspecified atom stereocenters. The molecule has 0 aromatic heterocycles. The lowest BCUT2D eigenvalue weighted by Gasteiger charge is -2.26. The van der Waals surface area contributed by atoms with Crippen LogP contribution in [0.15, 0.2) is 70.7 Å². The highest BCUT2D eigenvalue weighted by Crippen LogP contribution is 2.38. The summed E-state index contributed by atoms with van der Waals surface area (Å²) in [5, 5.41) is 2.61. The molecule has 1 heterocycles. The molecule has 7 nitrogen and oxygen atoms in total. The van der Waals surface area contributed by atoms with Crippen molar-refractivity contribution in [2.45, 2.75) is 6.61 Å². The van der Waals surface area contributed by atoms with Gasteiger partial charge in [-0.3, -0.25) is 14.9 Å². The van der Waals surface area contributed by atoms with Crippen LogP contribution in [0.2, 0.25) is 5.02 Å². The molecular formula is C25H17BrClFN2O5. The molecule has 0 radical (unpaired) electrons. The molecule has 3 aromatic rings. The highest BCUT2D eigenvalue weighted by Gasteiger charge is 2.36. The Morgan fingerprint density at radius 2 is 1.74 bits per heavy atom. The standard InChI is InChI=1S/C25H17BrClFN2O5/c1-34-21-12-15(11-20(26)22(21)35-13-14-2-6-17(28)7-3-14)10-19-23(31)29-25(33)30(24(19)32)18-8-4-16(27)5-9-18/h2-12H,13H2,1H3,(H,29,31,33)/b19-10+. The number of carbonyl (C=O) groups is 3. The van der Waals surface area contributed by atoms with E-state index >= 15 is 0 Å². The third-order valence-corrected chi connectivity index (χ3v) is 5.89. The molecule has 178 valence electrons. The van der Waals surface area contributed by atoms with Crippen LogP contribution in [0.1, 0.15) is 11.1 Å². The zero-order chi connectivity index (χ0) is 25.1. The van der Waals surface area contributed by atoms with Gasteiger partial charge in [-0.2, -0.15) is 0 Å². The van der Waals surface area contributed by atoms with Crippen molar-refractivity contribution < 1.29 is 28.2 Å². The summed E-state index contributed by atoms with van der Waals surface area (Å²) in [4.78, 5) is 38.8. The number of hydrogen-bond donors (Lipinski definition) is 1. The molecule has 0 aliphatic carbocycles. The first-order chi connectivity index (χ1) is 16.8. The first-order valence-electron chi connectivity index (χ1n) is 10.2. The average molecular weight is 560 g/mol. The van der Waals surface area contributed by atoms with Crippen molar-refractivity contribution in [3.8, 4) is 11.5 Å². The van der Waals surface area contributed by atoms with Gasteiger partial charge in [-0.1, -0.05) is 23.7 Å². The predicted molar refractivity (Wildman–Crippen MR) is 132 cm³/mol. The van der Waals surface area contributed by atoms with Crippen molar-refractivity contribution in [2.24, 2.45) is 0 Å². The van der Waals surface area contributed by atoms with E-state index < -0.39 is 17.8 Å². The minimum absolute atomic E-state index is 0.161. The van der Waals surface area contributed by atoms with Crippen molar-refractivity contribution >= 4 is 57.1 Å². The summed E-state index contributed by atoms with van der Waals surface area (Å²) in [6.07, 6.45) is 1.35. The van der Waals surface area contributed by atoms with E-state index in [1.165, 1.54) is 49.6 Å². The first-order valence-corrected chi connectivity index (χ1v) is 11.4. The van der Waals surface area contributed by atoms with Crippen molar-refractivity contribution in [3.05, 3.63) is 92.7 Å². The van der Waals surface area contributed by atoms with Gasteiger partial charge in [0.2, 0.25) is 0 Å².